The standard InChI is InChI=1S/C21H20N2O5S/c1-4-28-20(24)14-6-8-15(9-7-14)22-19-18(29-21(25)23-19)12-13-5-10-16(26-2)17(11-13)27-3/h5-12H,4H2,1-3H3,(H,22,23,25)/b18-12-. The number of amidine groups is 1. The molecule has 1 N–H and O–H groups in total. The average Bonchev–Trinajstić information content (AvgIpc) is 3.07. The van der Waals surface area contributed by atoms with Crippen LogP contribution in [0.2, 0.25) is 0 Å². The van der Waals surface area contributed by atoms with Gasteiger partial charge in [0.1, 0.15) is 5.84 Å². The predicted molar refractivity (Wildman–Crippen MR) is 113 cm³/mol. The Morgan fingerprint density at radius 2 is 1.83 bits per heavy atom. The molecule has 0 aliphatic carbocycles. The highest BCUT2D eigenvalue weighted by molar-refractivity contribution is 8.18. The molecule has 0 saturated carbocycles. The highest BCUT2D eigenvalue weighted by Crippen LogP contribution is 2.32. The summed E-state index contributed by atoms with van der Waals surface area (Å²) in [4.78, 5) is 28.8. The van der Waals surface area contributed by atoms with E-state index in [1.165, 1.54) is 0 Å². The fourth-order valence-corrected chi connectivity index (χ4v) is 3.36. The van der Waals surface area contributed by atoms with Crippen LogP contribution in [0.25, 0.3) is 6.08 Å². The number of rotatable bonds is 6. The lowest BCUT2D eigenvalue weighted by Gasteiger charge is -2.08. The van der Waals surface area contributed by atoms with Gasteiger partial charge in [0.05, 0.1) is 37.0 Å². The first-order valence-corrected chi connectivity index (χ1v) is 9.64. The number of methoxy groups -OCH3 is 2. The van der Waals surface area contributed by atoms with Crippen molar-refractivity contribution in [2.24, 2.45) is 4.99 Å². The lowest BCUT2D eigenvalue weighted by Crippen LogP contribution is -2.18. The van der Waals surface area contributed by atoms with Gasteiger partial charge in [-0.15, -0.1) is 0 Å². The van der Waals surface area contributed by atoms with Gasteiger partial charge in [-0.3, -0.25) is 4.79 Å². The number of thioether (sulfide) groups is 1. The van der Waals surface area contributed by atoms with Gasteiger partial charge in [-0.1, -0.05) is 6.07 Å². The van der Waals surface area contributed by atoms with Gasteiger partial charge < -0.3 is 19.5 Å². The number of carbonyl (C=O) groups excluding carboxylic acids is 2. The minimum absolute atomic E-state index is 0.210. The molecule has 150 valence electrons. The summed E-state index contributed by atoms with van der Waals surface area (Å²) in [5.74, 6) is 1.28. The van der Waals surface area contributed by atoms with Crippen LogP contribution in [-0.2, 0) is 4.74 Å². The van der Waals surface area contributed by atoms with Crippen LogP contribution in [0.3, 0.4) is 0 Å². The number of hydrogen-bond acceptors (Lipinski definition) is 7. The van der Waals surface area contributed by atoms with Crippen LogP contribution in [0.1, 0.15) is 22.8 Å². The number of ether oxygens (including phenoxy) is 3. The molecule has 1 aliphatic rings. The van der Waals surface area contributed by atoms with Gasteiger partial charge in [-0.2, -0.15) is 0 Å². The van der Waals surface area contributed by atoms with Crippen molar-refractivity contribution in [2.75, 3.05) is 20.8 Å². The first-order valence-electron chi connectivity index (χ1n) is 8.83. The maximum Gasteiger partial charge on any atom is 0.338 e. The van der Waals surface area contributed by atoms with E-state index < -0.39 is 0 Å². The number of nitrogens with zero attached hydrogens (tertiary/aromatic N) is 1. The van der Waals surface area contributed by atoms with Crippen molar-refractivity contribution in [1.29, 1.82) is 0 Å². The molecule has 3 rings (SSSR count). The van der Waals surface area contributed by atoms with Crippen molar-refractivity contribution in [3.05, 3.63) is 58.5 Å². The topological polar surface area (TPSA) is 86.2 Å². The molecule has 1 aliphatic heterocycles. The van der Waals surface area contributed by atoms with E-state index in [4.69, 9.17) is 14.2 Å². The van der Waals surface area contributed by atoms with Crippen molar-refractivity contribution >= 4 is 40.6 Å². The van der Waals surface area contributed by atoms with Gasteiger partial charge in [-0.05, 0) is 66.7 Å². The molecule has 1 heterocycles. The second-order valence-corrected chi connectivity index (χ2v) is 6.88. The fourth-order valence-electron chi connectivity index (χ4n) is 2.62. The minimum Gasteiger partial charge on any atom is -0.493 e. The Balaban J connectivity index is 1.87. The van der Waals surface area contributed by atoms with Crippen molar-refractivity contribution < 1.29 is 23.8 Å². The highest BCUT2D eigenvalue weighted by Gasteiger charge is 2.23. The van der Waals surface area contributed by atoms with E-state index in [9.17, 15) is 9.59 Å². The first kappa shape index (κ1) is 20.5. The Hall–Kier alpha value is -3.26. The molecular weight excluding hydrogens is 392 g/mol. The van der Waals surface area contributed by atoms with Gasteiger partial charge in [0, 0.05) is 0 Å². The smallest absolute Gasteiger partial charge is 0.338 e. The summed E-state index contributed by atoms with van der Waals surface area (Å²) in [5, 5.41) is 2.53. The molecule has 7 nitrogen and oxygen atoms in total. The van der Waals surface area contributed by atoms with Crippen LogP contribution in [0.5, 0.6) is 11.5 Å². The number of hydrogen-bond donors (Lipinski definition) is 1. The summed E-state index contributed by atoms with van der Waals surface area (Å²) in [6.07, 6.45) is 1.84. The quantitative estimate of drug-likeness (QED) is 0.708. The number of benzene rings is 2. The van der Waals surface area contributed by atoms with Gasteiger partial charge in [0.2, 0.25) is 0 Å². The van der Waals surface area contributed by atoms with E-state index >= 15 is 0 Å². The Labute approximate surface area is 172 Å². The average molecular weight is 412 g/mol. The fraction of sp³-hybridized carbons (Fsp3) is 0.190. The second-order valence-electron chi connectivity index (χ2n) is 5.87. The number of amides is 1. The molecule has 1 amide bonds. The van der Waals surface area contributed by atoms with Crippen molar-refractivity contribution in [2.45, 2.75) is 6.92 Å². The second kappa shape index (κ2) is 9.29. The summed E-state index contributed by atoms with van der Waals surface area (Å²) in [7, 11) is 3.14. The molecule has 0 aromatic heterocycles. The molecule has 1 saturated heterocycles. The zero-order valence-electron chi connectivity index (χ0n) is 16.2. The van der Waals surface area contributed by atoms with Crippen LogP contribution >= 0.6 is 11.8 Å². The normalized spacial score (nSPS) is 16.0. The van der Waals surface area contributed by atoms with Crippen LogP contribution in [0, 0.1) is 0 Å². The summed E-state index contributed by atoms with van der Waals surface area (Å²) < 4.78 is 15.5. The molecule has 2 aromatic rings. The zero-order chi connectivity index (χ0) is 20.8. The van der Waals surface area contributed by atoms with E-state index in [-0.39, 0.29) is 11.2 Å². The first-order chi connectivity index (χ1) is 14.0. The van der Waals surface area contributed by atoms with E-state index in [2.05, 4.69) is 10.3 Å². The Bertz CT molecular complexity index is 983. The van der Waals surface area contributed by atoms with Crippen LogP contribution < -0.4 is 14.8 Å². The molecule has 0 radical (unpaired) electrons. The molecule has 0 unspecified atom stereocenters. The summed E-state index contributed by atoms with van der Waals surface area (Å²) in [5.41, 5.74) is 1.89. The Kier molecular flexibility index (Phi) is 6.56. The van der Waals surface area contributed by atoms with Crippen LogP contribution in [-0.4, -0.2) is 37.9 Å². The highest BCUT2D eigenvalue weighted by atomic mass is 32.2. The Morgan fingerprint density at radius 1 is 1.10 bits per heavy atom. The molecule has 1 fully saturated rings. The molecule has 0 bridgehead atoms. The lowest BCUT2D eigenvalue weighted by molar-refractivity contribution is 0.0526. The number of aliphatic imine (C=N–C) groups is 1. The summed E-state index contributed by atoms with van der Waals surface area (Å²) in [6, 6.07) is 12.2. The van der Waals surface area contributed by atoms with Gasteiger partial charge in [0.15, 0.2) is 11.5 Å². The van der Waals surface area contributed by atoms with E-state index in [0.29, 0.717) is 40.1 Å². The largest absolute Gasteiger partial charge is 0.493 e. The minimum atomic E-state index is -0.384. The van der Waals surface area contributed by atoms with Gasteiger partial charge in [-0.25, -0.2) is 9.79 Å². The lowest BCUT2D eigenvalue weighted by atomic mass is 10.2. The number of esters is 1. The molecule has 8 heteroatoms. The molecule has 29 heavy (non-hydrogen) atoms. The van der Waals surface area contributed by atoms with E-state index in [1.807, 2.05) is 18.2 Å². The molecule has 2 aromatic carbocycles. The molecule has 0 atom stereocenters. The Morgan fingerprint density at radius 3 is 2.48 bits per heavy atom. The van der Waals surface area contributed by atoms with Crippen LogP contribution in [0.15, 0.2) is 52.4 Å². The van der Waals surface area contributed by atoms with Gasteiger partial charge in [0.25, 0.3) is 5.24 Å². The van der Waals surface area contributed by atoms with E-state index in [1.54, 1.807) is 51.5 Å². The number of carbonyl (C=O) groups is 2. The van der Waals surface area contributed by atoms with Crippen LogP contribution in [0.4, 0.5) is 10.5 Å². The third-order valence-corrected chi connectivity index (χ3v) is 4.80. The van der Waals surface area contributed by atoms with Gasteiger partial charge >= 0.3 is 5.97 Å². The summed E-state index contributed by atoms with van der Waals surface area (Å²) in [6.45, 7) is 2.07. The number of nitrogens with one attached hydrogen (secondary N) is 1. The molecule has 0 spiro atoms. The zero-order valence-corrected chi connectivity index (χ0v) is 17.0. The third kappa shape index (κ3) is 4.97. The monoisotopic (exact) mass is 412 g/mol. The third-order valence-electron chi connectivity index (χ3n) is 3.98. The maximum atomic E-state index is 11.9. The van der Waals surface area contributed by atoms with Crippen molar-refractivity contribution in [3.8, 4) is 11.5 Å². The van der Waals surface area contributed by atoms with Crippen molar-refractivity contribution in [1.82, 2.24) is 5.32 Å². The van der Waals surface area contributed by atoms with E-state index in [0.717, 1.165) is 17.3 Å². The maximum absolute atomic E-state index is 11.9. The molecular formula is C21H20N2O5S. The predicted octanol–water partition coefficient (Wildman–Crippen LogP) is 4.41. The SMILES string of the molecule is CCOC(=O)c1ccc(N=C2NC(=O)S/C2=C\c2ccc(OC)c(OC)c2)cc1. The van der Waals surface area contributed by atoms with Crippen molar-refractivity contribution in [3.63, 3.8) is 0 Å². The summed E-state index contributed by atoms with van der Waals surface area (Å²) >= 11 is 1.06.